The van der Waals surface area contributed by atoms with Crippen LogP contribution >= 0.6 is 0 Å². The maximum absolute atomic E-state index is 10.7. The monoisotopic (exact) mass is 194 g/mol. The van der Waals surface area contributed by atoms with E-state index in [0.29, 0.717) is 17.3 Å². The fourth-order valence-electron chi connectivity index (χ4n) is 3.21. The highest BCUT2D eigenvalue weighted by Crippen LogP contribution is 2.71. The summed E-state index contributed by atoms with van der Waals surface area (Å²) >= 11 is 0. The highest BCUT2D eigenvalue weighted by atomic mass is 16.4. The molecule has 0 aromatic heterocycles. The van der Waals surface area contributed by atoms with Crippen molar-refractivity contribution in [1.82, 2.24) is 0 Å². The van der Waals surface area contributed by atoms with Crippen LogP contribution in [0.3, 0.4) is 0 Å². The molecule has 0 saturated heterocycles. The van der Waals surface area contributed by atoms with Crippen LogP contribution < -0.4 is 0 Å². The molecule has 1 N–H and O–H groups in total. The van der Waals surface area contributed by atoms with Crippen LogP contribution in [0, 0.1) is 23.2 Å². The molecule has 2 fully saturated rings. The van der Waals surface area contributed by atoms with E-state index in [4.69, 9.17) is 5.11 Å². The Morgan fingerprint density at radius 1 is 1.64 bits per heavy atom. The lowest BCUT2D eigenvalue weighted by molar-refractivity contribution is -0.137. The lowest BCUT2D eigenvalue weighted by Gasteiger charge is -2.18. The van der Waals surface area contributed by atoms with Gasteiger partial charge in [0, 0.05) is 0 Å². The molecule has 0 aromatic carbocycles. The van der Waals surface area contributed by atoms with Crippen molar-refractivity contribution in [2.45, 2.75) is 33.1 Å². The van der Waals surface area contributed by atoms with Crippen LogP contribution in [-0.4, -0.2) is 11.1 Å². The van der Waals surface area contributed by atoms with E-state index in [9.17, 15) is 4.79 Å². The second-order valence-corrected chi connectivity index (χ2v) is 5.22. The van der Waals surface area contributed by atoms with Crippen LogP contribution in [0.15, 0.2) is 12.2 Å². The molecule has 14 heavy (non-hydrogen) atoms. The van der Waals surface area contributed by atoms with Gasteiger partial charge in [-0.2, -0.15) is 0 Å². The molecular weight excluding hydrogens is 176 g/mol. The minimum atomic E-state index is -0.684. The third kappa shape index (κ3) is 1.20. The third-order valence-electron chi connectivity index (χ3n) is 4.29. The van der Waals surface area contributed by atoms with Gasteiger partial charge in [0.15, 0.2) is 0 Å². The van der Waals surface area contributed by atoms with Gasteiger partial charge in [0.1, 0.15) is 0 Å². The van der Waals surface area contributed by atoms with Gasteiger partial charge in [0.25, 0.3) is 0 Å². The summed E-state index contributed by atoms with van der Waals surface area (Å²) in [5.41, 5.74) is 1.64. The summed E-state index contributed by atoms with van der Waals surface area (Å²) in [7, 11) is 0. The smallest absolute Gasteiger partial charge is 0.303 e. The summed E-state index contributed by atoms with van der Waals surface area (Å²) in [6.45, 7) is 8.57. The Morgan fingerprint density at radius 2 is 2.29 bits per heavy atom. The summed E-state index contributed by atoms with van der Waals surface area (Å²) in [6, 6.07) is 0. The topological polar surface area (TPSA) is 37.3 Å². The summed E-state index contributed by atoms with van der Waals surface area (Å²) in [4.78, 5) is 10.7. The van der Waals surface area contributed by atoms with Gasteiger partial charge in [-0.25, -0.2) is 0 Å². The van der Waals surface area contributed by atoms with Crippen molar-refractivity contribution in [3.63, 3.8) is 0 Å². The van der Waals surface area contributed by atoms with Gasteiger partial charge >= 0.3 is 5.97 Å². The number of carboxylic acids is 1. The largest absolute Gasteiger partial charge is 0.481 e. The van der Waals surface area contributed by atoms with E-state index in [1.54, 1.807) is 0 Å². The molecule has 3 unspecified atom stereocenters. The van der Waals surface area contributed by atoms with Crippen molar-refractivity contribution < 1.29 is 9.90 Å². The van der Waals surface area contributed by atoms with Crippen LogP contribution in [0.5, 0.6) is 0 Å². The zero-order valence-corrected chi connectivity index (χ0v) is 8.92. The SMILES string of the molecule is C=C1C(CC(=O)O)CC2(C(C)C)CC12. The Labute approximate surface area is 85.0 Å². The van der Waals surface area contributed by atoms with Crippen molar-refractivity contribution in [3.05, 3.63) is 12.2 Å². The Balaban J connectivity index is 2.07. The predicted molar refractivity (Wildman–Crippen MR) is 54.9 cm³/mol. The Kier molecular flexibility index (Phi) is 1.98. The molecule has 2 saturated carbocycles. The maximum atomic E-state index is 10.7. The molecule has 0 amide bonds. The predicted octanol–water partition coefficient (Wildman–Crippen LogP) is 2.70. The standard InChI is InChI=1S/C12H18O2/c1-7(2)12-5-9(4-11(13)14)8(3)10(12)6-12/h7,9-10H,3-6H2,1-2H3,(H,13,14). The van der Waals surface area contributed by atoms with Gasteiger partial charge in [-0.15, -0.1) is 0 Å². The Morgan fingerprint density at radius 3 is 2.71 bits per heavy atom. The number of carbonyl (C=O) groups is 1. The molecule has 2 rings (SSSR count). The fraction of sp³-hybridized carbons (Fsp3) is 0.750. The molecule has 0 aromatic rings. The highest BCUT2D eigenvalue weighted by molar-refractivity contribution is 5.68. The first-order valence-corrected chi connectivity index (χ1v) is 5.38. The third-order valence-corrected chi connectivity index (χ3v) is 4.29. The van der Waals surface area contributed by atoms with E-state index in [-0.39, 0.29) is 12.3 Å². The quantitative estimate of drug-likeness (QED) is 0.701. The lowest BCUT2D eigenvalue weighted by Crippen LogP contribution is -2.13. The van der Waals surface area contributed by atoms with Gasteiger partial charge in [-0.05, 0) is 36.0 Å². The normalized spacial score (nSPS) is 40.1. The first-order valence-electron chi connectivity index (χ1n) is 5.38. The zero-order valence-electron chi connectivity index (χ0n) is 8.92. The van der Waals surface area contributed by atoms with E-state index in [0.717, 1.165) is 6.42 Å². The second kappa shape index (κ2) is 2.85. The molecule has 0 spiro atoms. The van der Waals surface area contributed by atoms with E-state index in [1.807, 2.05) is 0 Å². The number of allylic oxidation sites excluding steroid dienone is 1. The summed E-state index contributed by atoms with van der Waals surface area (Å²) in [5, 5.41) is 8.77. The van der Waals surface area contributed by atoms with Crippen LogP contribution in [0.1, 0.15) is 33.1 Å². The highest BCUT2D eigenvalue weighted by Gasteiger charge is 2.63. The molecule has 0 radical (unpaired) electrons. The lowest BCUT2D eigenvalue weighted by atomic mass is 9.86. The zero-order chi connectivity index (χ0) is 10.5. The molecule has 0 heterocycles. The summed E-state index contributed by atoms with van der Waals surface area (Å²) < 4.78 is 0. The molecule has 78 valence electrons. The molecule has 0 aliphatic heterocycles. The van der Waals surface area contributed by atoms with Crippen LogP contribution in [0.2, 0.25) is 0 Å². The average Bonchev–Trinajstić information content (AvgIpc) is 2.71. The molecular formula is C12H18O2. The number of rotatable bonds is 3. The van der Waals surface area contributed by atoms with Crippen LogP contribution in [0.25, 0.3) is 0 Å². The van der Waals surface area contributed by atoms with E-state index >= 15 is 0 Å². The Bertz CT molecular complexity index is 293. The first kappa shape index (κ1) is 9.75. The van der Waals surface area contributed by atoms with Crippen molar-refractivity contribution >= 4 is 5.97 Å². The van der Waals surface area contributed by atoms with Crippen molar-refractivity contribution in [1.29, 1.82) is 0 Å². The minimum Gasteiger partial charge on any atom is -0.481 e. The maximum Gasteiger partial charge on any atom is 0.303 e. The van der Waals surface area contributed by atoms with E-state index < -0.39 is 5.97 Å². The second-order valence-electron chi connectivity index (χ2n) is 5.22. The number of hydrogen-bond acceptors (Lipinski definition) is 1. The first-order chi connectivity index (χ1) is 6.47. The average molecular weight is 194 g/mol. The molecule has 0 bridgehead atoms. The van der Waals surface area contributed by atoms with Gasteiger partial charge in [-0.1, -0.05) is 26.0 Å². The van der Waals surface area contributed by atoms with Crippen LogP contribution in [0.4, 0.5) is 0 Å². The van der Waals surface area contributed by atoms with Gasteiger partial charge in [0.05, 0.1) is 6.42 Å². The number of aliphatic carboxylic acids is 1. The van der Waals surface area contributed by atoms with E-state index in [1.165, 1.54) is 12.0 Å². The number of hydrogen-bond donors (Lipinski definition) is 1. The van der Waals surface area contributed by atoms with Crippen LogP contribution in [-0.2, 0) is 4.79 Å². The Hall–Kier alpha value is -0.790. The molecule has 2 nitrogen and oxygen atoms in total. The number of fused-ring (bicyclic) bond motifs is 1. The van der Waals surface area contributed by atoms with E-state index in [2.05, 4.69) is 20.4 Å². The van der Waals surface area contributed by atoms with Crippen molar-refractivity contribution in [3.8, 4) is 0 Å². The molecule has 2 aliphatic carbocycles. The molecule has 3 atom stereocenters. The summed E-state index contributed by atoms with van der Waals surface area (Å²) in [5.74, 6) is 0.861. The summed E-state index contributed by atoms with van der Waals surface area (Å²) in [6.07, 6.45) is 2.59. The van der Waals surface area contributed by atoms with Gasteiger partial charge < -0.3 is 5.11 Å². The molecule has 2 aliphatic rings. The minimum absolute atomic E-state index is 0.244. The van der Waals surface area contributed by atoms with Gasteiger partial charge in [-0.3, -0.25) is 4.79 Å². The van der Waals surface area contributed by atoms with Gasteiger partial charge in [0.2, 0.25) is 0 Å². The van der Waals surface area contributed by atoms with Crippen molar-refractivity contribution in [2.75, 3.05) is 0 Å². The molecule has 2 heteroatoms. The fourth-order valence-corrected chi connectivity index (χ4v) is 3.21. The van der Waals surface area contributed by atoms with Crippen molar-refractivity contribution in [2.24, 2.45) is 23.2 Å². The number of carboxylic acid groups (broad SMARTS) is 1.